The number of ether oxygens (including phenoxy) is 1. The van der Waals surface area contributed by atoms with Gasteiger partial charge in [-0.3, -0.25) is 10.1 Å². The number of benzene rings is 1. The smallest absolute Gasteiger partial charge is 0.353 e. The van der Waals surface area contributed by atoms with Gasteiger partial charge in [0.15, 0.2) is 0 Å². The molecule has 1 atom stereocenters. The summed E-state index contributed by atoms with van der Waals surface area (Å²) in [5.74, 6) is -0.141. The molecule has 2 rings (SSSR count). The summed E-state index contributed by atoms with van der Waals surface area (Å²) in [6.45, 7) is 2.46. The molecule has 1 aromatic carbocycles. The highest BCUT2D eigenvalue weighted by Gasteiger charge is 2.23. The first-order chi connectivity index (χ1) is 11.5. The van der Waals surface area contributed by atoms with Gasteiger partial charge in [0.1, 0.15) is 12.1 Å². The lowest BCUT2D eigenvalue weighted by molar-refractivity contribution is -0.383. The van der Waals surface area contributed by atoms with Crippen molar-refractivity contribution in [2.45, 2.75) is 19.5 Å². The highest BCUT2D eigenvalue weighted by Crippen LogP contribution is 2.29. The van der Waals surface area contributed by atoms with E-state index in [9.17, 15) is 14.5 Å². The van der Waals surface area contributed by atoms with E-state index in [0.717, 1.165) is 5.56 Å². The van der Waals surface area contributed by atoms with Crippen LogP contribution in [0.2, 0.25) is 0 Å². The molecule has 9 heteroatoms. The zero-order chi connectivity index (χ0) is 17.5. The van der Waals surface area contributed by atoms with Gasteiger partial charge in [-0.05, 0) is 24.6 Å². The SMILES string of the molecule is COCC(C)Nc1ncnc(NCc2ccc(F)cc2)c1[N+](=O)[O-]. The second kappa shape index (κ2) is 8.16. The second-order valence-corrected chi connectivity index (χ2v) is 5.16. The van der Waals surface area contributed by atoms with Crippen LogP contribution in [0, 0.1) is 15.9 Å². The molecule has 0 aliphatic carbocycles. The van der Waals surface area contributed by atoms with Crippen molar-refractivity contribution in [1.82, 2.24) is 9.97 Å². The molecule has 24 heavy (non-hydrogen) atoms. The third-order valence-electron chi connectivity index (χ3n) is 3.18. The molecule has 0 fully saturated rings. The molecule has 0 spiro atoms. The van der Waals surface area contributed by atoms with Crippen LogP contribution in [0.5, 0.6) is 0 Å². The monoisotopic (exact) mass is 335 g/mol. The van der Waals surface area contributed by atoms with Crippen LogP contribution in [0.1, 0.15) is 12.5 Å². The minimum absolute atomic E-state index is 0.0893. The number of hydrogen-bond donors (Lipinski definition) is 2. The number of nitrogens with zero attached hydrogens (tertiary/aromatic N) is 3. The van der Waals surface area contributed by atoms with Gasteiger partial charge >= 0.3 is 5.69 Å². The van der Waals surface area contributed by atoms with Crippen molar-refractivity contribution < 1.29 is 14.1 Å². The Morgan fingerprint density at radius 1 is 1.29 bits per heavy atom. The normalized spacial score (nSPS) is 11.8. The minimum Gasteiger partial charge on any atom is -0.383 e. The number of anilines is 2. The summed E-state index contributed by atoms with van der Waals surface area (Å²) in [6, 6.07) is 5.67. The molecule has 2 N–H and O–H groups in total. The number of nitro groups is 1. The van der Waals surface area contributed by atoms with Crippen LogP contribution in [0.4, 0.5) is 21.7 Å². The Balaban J connectivity index is 2.19. The lowest BCUT2D eigenvalue weighted by atomic mass is 10.2. The van der Waals surface area contributed by atoms with E-state index in [4.69, 9.17) is 4.74 Å². The molecule has 0 saturated heterocycles. The summed E-state index contributed by atoms with van der Waals surface area (Å²) in [4.78, 5) is 18.7. The van der Waals surface area contributed by atoms with Gasteiger partial charge in [0, 0.05) is 19.7 Å². The summed E-state index contributed by atoms with van der Waals surface area (Å²) in [6.07, 6.45) is 1.24. The number of methoxy groups -OCH3 is 1. The van der Waals surface area contributed by atoms with Crippen molar-refractivity contribution in [1.29, 1.82) is 0 Å². The van der Waals surface area contributed by atoms with Crippen molar-refractivity contribution in [3.63, 3.8) is 0 Å². The Kier molecular flexibility index (Phi) is 5.96. The minimum atomic E-state index is -0.547. The number of hydrogen-bond acceptors (Lipinski definition) is 7. The maximum Gasteiger partial charge on any atom is 0.353 e. The van der Waals surface area contributed by atoms with Crippen molar-refractivity contribution in [3.05, 3.63) is 52.1 Å². The van der Waals surface area contributed by atoms with Crippen LogP contribution in [0.3, 0.4) is 0 Å². The van der Waals surface area contributed by atoms with Crippen LogP contribution < -0.4 is 10.6 Å². The lowest BCUT2D eigenvalue weighted by Crippen LogP contribution is -2.22. The Bertz CT molecular complexity index is 696. The quantitative estimate of drug-likeness (QED) is 0.564. The maximum atomic E-state index is 12.9. The largest absolute Gasteiger partial charge is 0.383 e. The Hall–Kier alpha value is -2.81. The van der Waals surface area contributed by atoms with Crippen LogP contribution in [0.15, 0.2) is 30.6 Å². The summed E-state index contributed by atoms with van der Waals surface area (Å²) in [5.41, 5.74) is 0.522. The van der Waals surface area contributed by atoms with E-state index in [0.29, 0.717) is 6.61 Å². The van der Waals surface area contributed by atoms with Gasteiger partial charge in [0.25, 0.3) is 0 Å². The van der Waals surface area contributed by atoms with E-state index in [1.165, 1.54) is 18.5 Å². The molecule has 0 saturated carbocycles. The standard InChI is InChI=1S/C15H18FN5O3/c1-10(8-24-2)20-15-13(21(22)23)14(18-9-19-15)17-7-11-3-5-12(16)6-4-11/h3-6,9-10H,7-8H2,1-2H3,(H2,17,18,19,20). The molecular formula is C15H18FN5O3. The van der Waals surface area contributed by atoms with Gasteiger partial charge in [0.05, 0.1) is 11.5 Å². The Morgan fingerprint density at radius 3 is 2.58 bits per heavy atom. The molecule has 8 nitrogen and oxygen atoms in total. The van der Waals surface area contributed by atoms with Crippen LogP contribution >= 0.6 is 0 Å². The van der Waals surface area contributed by atoms with Gasteiger partial charge < -0.3 is 15.4 Å². The number of nitrogens with one attached hydrogen (secondary N) is 2. The topological polar surface area (TPSA) is 102 Å². The van der Waals surface area contributed by atoms with E-state index < -0.39 is 4.92 Å². The van der Waals surface area contributed by atoms with Crippen LogP contribution in [0.25, 0.3) is 0 Å². The molecule has 1 aromatic heterocycles. The van der Waals surface area contributed by atoms with Crippen LogP contribution in [-0.2, 0) is 11.3 Å². The molecule has 1 unspecified atom stereocenters. The summed E-state index contributed by atoms with van der Waals surface area (Å²) >= 11 is 0. The van der Waals surface area contributed by atoms with E-state index in [1.807, 2.05) is 6.92 Å². The highest BCUT2D eigenvalue weighted by atomic mass is 19.1. The zero-order valence-electron chi connectivity index (χ0n) is 13.3. The third kappa shape index (κ3) is 4.59. The van der Waals surface area contributed by atoms with E-state index in [1.54, 1.807) is 19.2 Å². The van der Waals surface area contributed by atoms with Gasteiger partial charge in [0.2, 0.25) is 11.6 Å². The zero-order valence-corrected chi connectivity index (χ0v) is 13.3. The first kappa shape index (κ1) is 17.5. The van der Waals surface area contributed by atoms with E-state index in [2.05, 4.69) is 20.6 Å². The van der Waals surface area contributed by atoms with Crippen molar-refractivity contribution in [2.24, 2.45) is 0 Å². The Morgan fingerprint density at radius 2 is 1.96 bits per heavy atom. The molecule has 0 radical (unpaired) electrons. The average molecular weight is 335 g/mol. The Labute approximate surface area is 138 Å². The summed E-state index contributed by atoms with van der Waals surface area (Å²) in [7, 11) is 1.54. The molecular weight excluding hydrogens is 317 g/mol. The fraction of sp³-hybridized carbons (Fsp3) is 0.333. The van der Waals surface area contributed by atoms with E-state index >= 15 is 0 Å². The van der Waals surface area contributed by atoms with Gasteiger partial charge in [-0.15, -0.1) is 0 Å². The van der Waals surface area contributed by atoms with Crippen molar-refractivity contribution in [3.8, 4) is 0 Å². The van der Waals surface area contributed by atoms with Crippen LogP contribution in [-0.4, -0.2) is 34.6 Å². The number of rotatable bonds is 8. The molecule has 0 aliphatic rings. The van der Waals surface area contributed by atoms with Crippen molar-refractivity contribution >= 4 is 17.3 Å². The molecule has 0 aliphatic heterocycles. The molecule has 0 bridgehead atoms. The maximum absolute atomic E-state index is 12.9. The fourth-order valence-corrected chi connectivity index (χ4v) is 2.10. The molecule has 0 amide bonds. The van der Waals surface area contributed by atoms with Gasteiger partial charge in [-0.25, -0.2) is 14.4 Å². The highest BCUT2D eigenvalue weighted by molar-refractivity contribution is 5.69. The predicted molar refractivity (Wildman–Crippen MR) is 87.4 cm³/mol. The molecule has 2 aromatic rings. The first-order valence-corrected chi connectivity index (χ1v) is 7.24. The summed E-state index contributed by atoms with van der Waals surface area (Å²) < 4.78 is 17.9. The number of halogens is 1. The summed E-state index contributed by atoms with van der Waals surface area (Å²) in [5, 5.41) is 17.2. The number of aromatic nitrogens is 2. The average Bonchev–Trinajstić information content (AvgIpc) is 2.54. The van der Waals surface area contributed by atoms with Gasteiger partial charge in [-0.1, -0.05) is 12.1 Å². The second-order valence-electron chi connectivity index (χ2n) is 5.16. The third-order valence-corrected chi connectivity index (χ3v) is 3.18. The van der Waals surface area contributed by atoms with Crippen molar-refractivity contribution in [2.75, 3.05) is 24.4 Å². The first-order valence-electron chi connectivity index (χ1n) is 7.24. The fourth-order valence-electron chi connectivity index (χ4n) is 2.10. The predicted octanol–water partition coefficient (Wildman–Crippen LogP) is 2.58. The molecule has 1 heterocycles. The lowest BCUT2D eigenvalue weighted by Gasteiger charge is -2.14. The van der Waals surface area contributed by atoms with Gasteiger partial charge in [-0.2, -0.15) is 0 Å². The van der Waals surface area contributed by atoms with E-state index in [-0.39, 0.29) is 35.7 Å². The molecule has 128 valence electrons.